The second-order valence-electron chi connectivity index (χ2n) is 7.82. The molecule has 5 heteroatoms. The Morgan fingerprint density at radius 2 is 2.06 bits per heavy atom. The van der Waals surface area contributed by atoms with Gasteiger partial charge in [-0.05, 0) is 56.4 Å². The average Bonchev–Trinajstić information content (AvgIpc) is 3.27. The van der Waals surface area contributed by atoms with Gasteiger partial charge in [-0.1, -0.05) is 74.1 Å². The molecule has 5 nitrogen and oxygen atoms in total. The highest BCUT2D eigenvalue weighted by molar-refractivity contribution is 5.97. The van der Waals surface area contributed by atoms with Gasteiger partial charge in [-0.15, -0.1) is 0 Å². The van der Waals surface area contributed by atoms with Gasteiger partial charge in [-0.2, -0.15) is 0 Å². The van der Waals surface area contributed by atoms with E-state index in [1.165, 1.54) is 29.5 Å². The summed E-state index contributed by atoms with van der Waals surface area (Å²) in [5.74, 6) is 0.492. The van der Waals surface area contributed by atoms with Gasteiger partial charge in [0.1, 0.15) is 12.1 Å². The van der Waals surface area contributed by atoms with Crippen molar-refractivity contribution in [2.45, 2.75) is 53.4 Å². The molecule has 1 aliphatic heterocycles. The van der Waals surface area contributed by atoms with E-state index in [0.717, 1.165) is 18.3 Å². The number of amidine groups is 1. The van der Waals surface area contributed by atoms with Crippen molar-refractivity contribution in [1.29, 1.82) is 0 Å². The number of hydrogen-bond acceptors (Lipinski definition) is 3. The molecule has 0 radical (unpaired) electrons. The van der Waals surface area contributed by atoms with Gasteiger partial charge in [0.05, 0.1) is 0 Å². The summed E-state index contributed by atoms with van der Waals surface area (Å²) in [4.78, 5) is 24.2. The minimum atomic E-state index is -0.0671. The lowest BCUT2D eigenvalue weighted by Gasteiger charge is -2.05. The van der Waals surface area contributed by atoms with Crippen LogP contribution in [0.2, 0.25) is 0 Å². The molecule has 33 heavy (non-hydrogen) atoms. The SMILES string of the molecule is C=C/C(C)=C\C=C/C.CCCCc1cccc(/C(C)=C/C(N)=NC)c1.O=CC1CNC(=O)C1. The second-order valence-corrected chi connectivity index (χ2v) is 7.82. The predicted molar refractivity (Wildman–Crippen MR) is 142 cm³/mol. The van der Waals surface area contributed by atoms with Gasteiger partial charge < -0.3 is 15.8 Å². The Hall–Kier alpha value is -3.21. The van der Waals surface area contributed by atoms with Crippen LogP contribution in [0.4, 0.5) is 0 Å². The van der Waals surface area contributed by atoms with Gasteiger partial charge in [0.2, 0.25) is 5.91 Å². The third-order valence-electron chi connectivity index (χ3n) is 4.90. The Balaban J connectivity index is 0.000000532. The maximum absolute atomic E-state index is 10.3. The van der Waals surface area contributed by atoms with Crippen LogP contribution in [0.15, 0.2) is 71.8 Å². The van der Waals surface area contributed by atoms with E-state index in [0.29, 0.717) is 18.8 Å². The topological polar surface area (TPSA) is 84.5 Å². The quantitative estimate of drug-likeness (QED) is 0.239. The van der Waals surface area contributed by atoms with Gasteiger partial charge in [-0.3, -0.25) is 9.79 Å². The summed E-state index contributed by atoms with van der Waals surface area (Å²) < 4.78 is 0. The van der Waals surface area contributed by atoms with E-state index < -0.39 is 0 Å². The van der Waals surface area contributed by atoms with E-state index in [1.54, 1.807) is 7.05 Å². The molecule has 1 heterocycles. The summed E-state index contributed by atoms with van der Waals surface area (Å²) in [6.45, 7) is 12.4. The zero-order valence-corrected chi connectivity index (χ0v) is 20.9. The molecule has 1 atom stereocenters. The first-order chi connectivity index (χ1) is 15.8. The highest BCUT2D eigenvalue weighted by Gasteiger charge is 2.19. The van der Waals surface area contributed by atoms with Crippen molar-refractivity contribution in [3.05, 3.63) is 77.9 Å². The first kappa shape index (κ1) is 29.8. The third kappa shape index (κ3) is 14.5. The molecule has 3 N–H and O–H groups in total. The van der Waals surface area contributed by atoms with E-state index in [2.05, 4.69) is 55.0 Å². The van der Waals surface area contributed by atoms with Gasteiger partial charge in [-0.25, -0.2) is 0 Å². The van der Waals surface area contributed by atoms with Crippen LogP contribution in [-0.4, -0.2) is 31.6 Å². The highest BCUT2D eigenvalue weighted by atomic mass is 16.2. The minimum absolute atomic E-state index is 0.0119. The predicted octanol–water partition coefficient (Wildman–Crippen LogP) is 5.44. The monoisotopic (exact) mass is 451 g/mol. The average molecular weight is 452 g/mol. The van der Waals surface area contributed by atoms with E-state index in [-0.39, 0.29) is 11.8 Å². The first-order valence-electron chi connectivity index (χ1n) is 11.4. The van der Waals surface area contributed by atoms with Crippen molar-refractivity contribution in [3.8, 4) is 0 Å². The molecule has 0 bridgehead atoms. The molecule has 0 spiro atoms. The van der Waals surface area contributed by atoms with Gasteiger partial charge in [0.15, 0.2) is 0 Å². The number of hydrogen-bond donors (Lipinski definition) is 2. The summed E-state index contributed by atoms with van der Waals surface area (Å²) in [6, 6.07) is 8.65. The number of nitrogens with two attached hydrogens (primary N) is 1. The lowest BCUT2D eigenvalue weighted by Crippen LogP contribution is -2.13. The van der Waals surface area contributed by atoms with Crippen LogP contribution in [-0.2, 0) is 16.0 Å². The maximum Gasteiger partial charge on any atom is 0.220 e. The molecule has 1 amide bonds. The first-order valence-corrected chi connectivity index (χ1v) is 11.4. The zero-order valence-electron chi connectivity index (χ0n) is 20.9. The number of amides is 1. The molecule has 1 aliphatic rings. The number of benzene rings is 1. The van der Waals surface area contributed by atoms with Crippen molar-refractivity contribution in [2.75, 3.05) is 13.6 Å². The molecule has 0 saturated carbocycles. The lowest BCUT2D eigenvalue weighted by atomic mass is 10.0. The molecule has 0 aromatic heterocycles. The number of nitrogens with zero attached hydrogens (tertiary/aromatic N) is 1. The van der Waals surface area contributed by atoms with Crippen molar-refractivity contribution >= 4 is 23.6 Å². The number of aliphatic imine (C=N–C) groups is 1. The van der Waals surface area contributed by atoms with Gasteiger partial charge in [0.25, 0.3) is 0 Å². The van der Waals surface area contributed by atoms with Crippen LogP contribution in [0.1, 0.15) is 58.1 Å². The molecule has 1 aromatic rings. The summed E-state index contributed by atoms with van der Waals surface area (Å²) in [6.07, 6.45) is 14.6. The number of carbonyl (C=O) groups excluding carboxylic acids is 2. The fourth-order valence-corrected chi connectivity index (χ4v) is 2.76. The fourth-order valence-electron chi connectivity index (χ4n) is 2.76. The van der Waals surface area contributed by atoms with Crippen molar-refractivity contribution < 1.29 is 9.59 Å². The Labute approximate surface area is 200 Å². The van der Waals surface area contributed by atoms with Gasteiger partial charge >= 0.3 is 0 Å². The van der Waals surface area contributed by atoms with E-state index >= 15 is 0 Å². The van der Waals surface area contributed by atoms with Crippen LogP contribution in [0, 0.1) is 5.92 Å². The van der Waals surface area contributed by atoms with E-state index in [1.807, 2.05) is 44.2 Å². The normalized spacial score (nSPS) is 16.3. The van der Waals surface area contributed by atoms with Crippen LogP contribution >= 0.6 is 0 Å². The molecule has 2 rings (SSSR count). The zero-order chi connectivity index (χ0) is 25.1. The van der Waals surface area contributed by atoms with Crippen LogP contribution < -0.4 is 11.1 Å². The van der Waals surface area contributed by atoms with Gasteiger partial charge in [0, 0.05) is 25.9 Å². The Kier molecular flexibility index (Phi) is 16.6. The number of carbonyl (C=O) groups is 2. The largest absolute Gasteiger partial charge is 0.384 e. The molecule has 0 aliphatic carbocycles. The second kappa shape index (κ2) is 18.4. The Bertz CT molecular complexity index is 864. The van der Waals surface area contributed by atoms with Crippen LogP contribution in [0.5, 0.6) is 0 Å². The van der Waals surface area contributed by atoms with E-state index in [4.69, 9.17) is 5.73 Å². The van der Waals surface area contributed by atoms with Crippen molar-refractivity contribution in [3.63, 3.8) is 0 Å². The lowest BCUT2D eigenvalue weighted by molar-refractivity contribution is -0.120. The number of allylic oxidation sites excluding steroid dienone is 6. The Morgan fingerprint density at radius 1 is 1.33 bits per heavy atom. The number of nitrogens with one attached hydrogen (secondary N) is 1. The van der Waals surface area contributed by atoms with E-state index in [9.17, 15) is 9.59 Å². The smallest absolute Gasteiger partial charge is 0.220 e. The van der Waals surface area contributed by atoms with Crippen molar-refractivity contribution in [2.24, 2.45) is 16.6 Å². The summed E-state index contributed by atoms with van der Waals surface area (Å²) in [7, 11) is 1.71. The summed E-state index contributed by atoms with van der Waals surface area (Å²) >= 11 is 0. The number of rotatable bonds is 8. The molecule has 1 saturated heterocycles. The molecule has 180 valence electrons. The number of aldehydes is 1. The molecular weight excluding hydrogens is 410 g/mol. The van der Waals surface area contributed by atoms with Crippen LogP contribution in [0.25, 0.3) is 5.57 Å². The molecule has 1 aromatic carbocycles. The minimum Gasteiger partial charge on any atom is -0.384 e. The number of unbranched alkanes of at least 4 members (excludes halogenated alkanes) is 1. The number of aryl methyl sites for hydroxylation is 1. The maximum atomic E-state index is 10.3. The standard InChI is InChI=1S/C15H22N2.C8H12.C5H7NO2/c1-4-5-7-13-8-6-9-14(11-13)12(2)10-15(16)17-3;1-4-6-7-8(3)5-2;7-3-4-1-5(8)6-2-4/h6,8-11H,4-5,7H2,1-3H3,(H2,16,17);4-7H,2H2,1,3H3;3-4H,1-2H2,(H,6,8)/b12-10+;6-4-,8-7-;. The van der Waals surface area contributed by atoms with Crippen LogP contribution in [0.3, 0.4) is 0 Å². The molecule has 1 fully saturated rings. The summed E-state index contributed by atoms with van der Waals surface area (Å²) in [5, 5.41) is 2.55. The molecular formula is C28H41N3O2. The molecule has 1 unspecified atom stereocenters. The highest BCUT2D eigenvalue weighted by Crippen LogP contribution is 2.16. The summed E-state index contributed by atoms with van der Waals surface area (Å²) in [5.41, 5.74) is 10.7. The van der Waals surface area contributed by atoms with Crippen molar-refractivity contribution in [1.82, 2.24) is 5.32 Å². The fraction of sp³-hybridized carbons (Fsp3) is 0.393. The Morgan fingerprint density at radius 3 is 2.55 bits per heavy atom. The third-order valence-corrected chi connectivity index (χ3v) is 4.90.